The summed E-state index contributed by atoms with van der Waals surface area (Å²) in [7, 11) is 0.867. The SMILES string of the molecule is CCOC(=O)c1c(C(F)(F)F)cnc(C(F)F)c1OC. The van der Waals surface area contributed by atoms with Gasteiger partial charge in [-0.05, 0) is 6.92 Å². The van der Waals surface area contributed by atoms with Gasteiger partial charge in [-0.2, -0.15) is 13.2 Å². The predicted molar refractivity (Wildman–Crippen MR) is 56.7 cm³/mol. The number of carbonyl (C=O) groups is 1. The Morgan fingerprint density at radius 1 is 1.40 bits per heavy atom. The van der Waals surface area contributed by atoms with Gasteiger partial charge >= 0.3 is 12.1 Å². The first kappa shape index (κ1) is 16.1. The van der Waals surface area contributed by atoms with Crippen molar-refractivity contribution < 1.29 is 36.2 Å². The molecule has 0 fully saturated rings. The zero-order valence-electron chi connectivity index (χ0n) is 10.4. The lowest BCUT2D eigenvalue weighted by molar-refractivity contribution is -0.138. The van der Waals surface area contributed by atoms with E-state index in [4.69, 9.17) is 0 Å². The van der Waals surface area contributed by atoms with Crippen LogP contribution in [0.1, 0.15) is 35.0 Å². The van der Waals surface area contributed by atoms with E-state index in [1.807, 2.05) is 0 Å². The third-order valence-electron chi connectivity index (χ3n) is 2.26. The number of esters is 1. The summed E-state index contributed by atoms with van der Waals surface area (Å²) in [6.07, 6.45) is -7.99. The fourth-order valence-electron chi connectivity index (χ4n) is 1.49. The smallest absolute Gasteiger partial charge is 0.418 e. The molecule has 112 valence electrons. The largest absolute Gasteiger partial charge is 0.494 e. The molecule has 4 nitrogen and oxygen atoms in total. The first-order chi connectivity index (χ1) is 9.23. The van der Waals surface area contributed by atoms with Gasteiger partial charge < -0.3 is 9.47 Å². The zero-order valence-corrected chi connectivity index (χ0v) is 10.4. The number of aromatic nitrogens is 1. The molecular weight excluding hydrogens is 289 g/mol. The molecular formula is C11H10F5NO3. The second-order valence-corrected chi connectivity index (χ2v) is 3.48. The van der Waals surface area contributed by atoms with Crippen LogP contribution in [0.2, 0.25) is 0 Å². The molecule has 0 aliphatic rings. The average molecular weight is 299 g/mol. The number of hydrogen-bond acceptors (Lipinski definition) is 4. The molecule has 0 atom stereocenters. The number of pyridine rings is 1. The Bertz CT molecular complexity index is 502. The molecule has 1 aromatic rings. The summed E-state index contributed by atoms with van der Waals surface area (Å²) in [5, 5.41) is 0. The van der Waals surface area contributed by atoms with Crippen molar-refractivity contribution in [2.75, 3.05) is 13.7 Å². The highest BCUT2D eigenvalue weighted by atomic mass is 19.4. The van der Waals surface area contributed by atoms with Gasteiger partial charge in [0.2, 0.25) is 0 Å². The van der Waals surface area contributed by atoms with Crippen molar-refractivity contribution >= 4 is 5.97 Å². The van der Waals surface area contributed by atoms with Crippen LogP contribution in [-0.4, -0.2) is 24.7 Å². The zero-order chi connectivity index (χ0) is 15.5. The van der Waals surface area contributed by atoms with Crippen molar-refractivity contribution in [3.63, 3.8) is 0 Å². The van der Waals surface area contributed by atoms with E-state index < -0.39 is 41.1 Å². The minimum absolute atomic E-state index is 0.163. The summed E-state index contributed by atoms with van der Waals surface area (Å²) in [6.45, 7) is 1.15. The Morgan fingerprint density at radius 3 is 2.40 bits per heavy atom. The molecule has 1 aromatic heterocycles. The van der Waals surface area contributed by atoms with Crippen molar-refractivity contribution in [2.24, 2.45) is 0 Å². The van der Waals surface area contributed by atoms with Gasteiger partial charge in [0.15, 0.2) is 5.75 Å². The van der Waals surface area contributed by atoms with Gasteiger partial charge in [-0.25, -0.2) is 13.6 Å². The third-order valence-corrected chi connectivity index (χ3v) is 2.26. The van der Waals surface area contributed by atoms with Crippen LogP contribution in [0.5, 0.6) is 5.75 Å². The molecule has 0 unspecified atom stereocenters. The Labute approximate surface area is 110 Å². The van der Waals surface area contributed by atoms with Crippen LogP contribution in [0.25, 0.3) is 0 Å². The standard InChI is InChI=1S/C11H10F5NO3/c1-3-20-10(18)6-5(11(14,15)16)4-17-7(9(12)13)8(6)19-2/h4,9H,3H2,1-2H3. The fourth-order valence-corrected chi connectivity index (χ4v) is 1.49. The highest BCUT2D eigenvalue weighted by Gasteiger charge is 2.40. The second kappa shape index (κ2) is 6.02. The monoisotopic (exact) mass is 299 g/mol. The van der Waals surface area contributed by atoms with Gasteiger partial charge in [-0.3, -0.25) is 4.98 Å². The molecule has 0 aromatic carbocycles. The van der Waals surface area contributed by atoms with Crippen LogP contribution in [0, 0.1) is 0 Å². The molecule has 0 radical (unpaired) electrons. The lowest BCUT2D eigenvalue weighted by Gasteiger charge is -2.17. The maximum absolute atomic E-state index is 12.8. The molecule has 9 heteroatoms. The van der Waals surface area contributed by atoms with Gasteiger partial charge in [0, 0.05) is 6.20 Å². The summed E-state index contributed by atoms with van der Waals surface area (Å²) in [5.74, 6) is -2.34. The topological polar surface area (TPSA) is 48.4 Å². The Hall–Kier alpha value is -1.93. The van der Waals surface area contributed by atoms with E-state index in [1.54, 1.807) is 0 Å². The molecule has 0 bridgehead atoms. The predicted octanol–water partition coefficient (Wildman–Crippen LogP) is 3.22. The Kier molecular flexibility index (Phi) is 4.85. The highest BCUT2D eigenvalue weighted by Crippen LogP contribution is 2.39. The van der Waals surface area contributed by atoms with Gasteiger partial charge in [0.25, 0.3) is 6.43 Å². The normalized spacial score (nSPS) is 11.6. The first-order valence-corrected chi connectivity index (χ1v) is 5.33. The average Bonchev–Trinajstić information content (AvgIpc) is 2.35. The maximum atomic E-state index is 12.8. The lowest BCUT2D eigenvalue weighted by atomic mass is 10.1. The fraction of sp³-hybridized carbons (Fsp3) is 0.455. The van der Waals surface area contributed by atoms with E-state index in [1.165, 1.54) is 6.92 Å². The molecule has 0 saturated carbocycles. The molecule has 1 heterocycles. The van der Waals surface area contributed by atoms with E-state index in [-0.39, 0.29) is 12.8 Å². The number of methoxy groups -OCH3 is 1. The highest BCUT2D eigenvalue weighted by molar-refractivity contribution is 5.94. The number of rotatable bonds is 4. The molecule has 1 rings (SSSR count). The number of ether oxygens (including phenoxy) is 2. The molecule has 0 N–H and O–H groups in total. The second-order valence-electron chi connectivity index (χ2n) is 3.48. The van der Waals surface area contributed by atoms with Gasteiger partial charge in [0.1, 0.15) is 11.3 Å². The summed E-state index contributed by atoms with van der Waals surface area (Å²) >= 11 is 0. The molecule has 0 saturated heterocycles. The van der Waals surface area contributed by atoms with Crippen LogP contribution < -0.4 is 4.74 Å². The van der Waals surface area contributed by atoms with Gasteiger partial charge in [-0.15, -0.1) is 0 Å². The van der Waals surface area contributed by atoms with E-state index in [0.717, 1.165) is 7.11 Å². The third kappa shape index (κ3) is 3.14. The number of alkyl halides is 5. The van der Waals surface area contributed by atoms with Crippen molar-refractivity contribution in [1.82, 2.24) is 4.98 Å². The van der Waals surface area contributed by atoms with Crippen molar-refractivity contribution in [1.29, 1.82) is 0 Å². The number of halogens is 5. The summed E-state index contributed by atoms with van der Waals surface area (Å²) < 4.78 is 72.8. The molecule has 0 amide bonds. The minimum atomic E-state index is -4.96. The van der Waals surface area contributed by atoms with Crippen molar-refractivity contribution in [2.45, 2.75) is 19.5 Å². The first-order valence-electron chi connectivity index (χ1n) is 5.33. The van der Waals surface area contributed by atoms with E-state index in [2.05, 4.69) is 14.5 Å². The van der Waals surface area contributed by atoms with Crippen LogP contribution in [0.3, 0.4) is 0 Å². The number of hydrogen-bond donors (Lipinski definition) is 0. The van der Waals surface area contributed by atoms with E-state index in [9.17, 15) is 26.7 Å². The molecule has 0 aliphatic carbocycles. The summed E-state index contributed by atoms with van der Waals surface area (Å²) in [5.41, 5.74) is -3.65. The molecule has 0 spiro atoms. The van der Waals surface area contributed by atoms with Crippen LogP contribution in [0.15, 0.2) is 6.20 Å². The van der Waals surface area contributed by atoms with E-state index in [0.29, 0.717) is 0 Å². The van der Waals surface area contributed by atoms with E-state index >= 15 is 0 Å². The van der Waals surface area contributed by atoms with Crippen molar-refractivity contribution in [3.8, 4) is 5.75 Å². The van der Waals surface area contributed by atoms with Crippen LogP contribution >= 0.6 is 0 Å². The van der Waals surface area contributed by atoms with Crippen molar-refractivity contribution in [3.05, 3.63) is 23.0 Å². The lowest BCUT2D eigenvalue weighted by Crippen LogP contribution is -2.18. The quantitative estimate of drug-likeness (QED) is 0.632. The number of nitrogens with zero attached hydrogens (tertiary/aromatic N) is 1. The van der Waals surface area contributed by atoms with Gasteiger partial charge in [0.05, 0.1) is 19.3 Å². The van der Waals surface area contributed by atoms with Gasteiger partial charge in [-0.1, -0.05) is 0 Å². The molecule has 0 aliphatic heterocycles. The summed E-state index contributed by atoms with van der Waals surface area (Å²) in [6, 6.07) is 0. The Morgan fingerprint density at radius 2 is 2.00 bits per heavy atom. The van der Waals surface area contributed by atoms with Crippen LogP contribution in [-0.2, 0) is 10.9 Å². The molecule has 20 heavy (non-hydrogen) atoms. The Balaban J connectivity index is 3.60. The maximum Gasteiger partial charge on any atom is 0.418 e. The minimum Gasteiger partial charge on any atom is -0.494 e. The summed E-state index contributed by atoms with van der Waals surface area (Å²) in [4.78, 5) is 14.6. The van der Waals surface area contributed by atoms with Crippen LogP contribution in [0.4, 0.5) is 22.0 Å². The number of carbonyl (C=O) groups excluding carboxylic acids is 1.